The second-order valence-electron chi connectivity index (χ2n) is 7.06. The van der Waals surface area contributed by atoms with E-state index < -0.39 is 16.1 Å². The van der Waals surface area contributed by atoms with Gasteiger partial charge < -0.3 is 4.74 Å². The molecule has 1 aliphatic rings. The van der Waals surface area contributed by atoms with Crippen LogP contribution in [0.3, 0.4) is 0 Å². The lowest BCUT2D eigenvalue weighted by Crippen LogP contribution is -2.42. The maximum Gasteiger partial charge on any atom is 0.265 e. The Balaban J connectivity index is 1.79. The number of methoxy groups -OCH3 is 1. The van der Waals surface area contributed by atoms with Crippen molar-refractivity contribution in [3.8, 4) is 5.75 Å². The normalized spacial score (nSPS) is 15.8. The van der Waals surface area contributed by atoms with Crippen LogP contribution in [0.5, 0.6) is 5.75 Å². The Morgan fingerprint density at radius 3 is 2.28 bits per heavy atom. The highest BCUT2D eigenvalue weighted by Crippen LogP contribution is 2.38. The number of fused-ring (bicyclic) bond motifs is 1. The zero-order chi connectivity index (χ0) is 20.6. The molecule has 0 aliphatic carbocycles. The van der Waals surface area contributed by atoms with Gasteiger partial charge in [0.15, 0.2) is 5.78 Å². The summed E-state index contributed by atoms with van der Waals surface area (Å²) in [6.45, 7) is 1.90. The summed E-state index contributed by atoms with van der Waals surface area (Å²) in [4.78, 5) is 13.5. The molecule has 0 saturated heterocycles. The van der Waals surface area contributed by atoms with E-state index in [1.165, 1.54) is 4.31 Å². The molecule has 0 amide bonds. The zero-order valence-electron chi connectivity index (χ0n) is 16.2. The van der Waals surface area contributed by atoms with Gasteiger partial charge in [0.05, 0.1) is 17.7 Å². The van der Waals surface area contributed by atoms with Gasteiger partial charge in [-0.05, 0) is 55.0 Å². The summed E-state index contributed by atoms with van der Waals surface area (Å²) in [5, 5.41) is 0. The number of sulfonamides is 1. The fourth-order valence-electron chi connectivity index (χ4n) is 3.63. The molecular weight excluding hydrogens is 386 g/mol. The minimum Gasteiger partial charge on any atom is -0.497 e. The summed E-state index contributed by atoms with van der Waals surface area (Å²) < 4.78 is 33.4. The van der Waals surface area contributed by atoms with E-state index in [4.69, 9.17) is 4.74 Å². The molecule has 0 aromatic heterocycles. The van der Waals surface area contributed by atoms with Crippen molar-refractivity contribution in [3.05, 3.63) is 89.5 Å². The Bertz CT molecular complexity index is 1150. The maximum atomic E-state index is 13.5. The number of para-hydroxylation sites is 1. The third kappa shape index (κ3) is 3.40. The molecule has 5 nitrogen and oxygen atoms in total. The van der Waals surface area contributed by atoms with E-state index in [2.05, 4.69) is 0 Å². The number of rotatable bonds is 5. The van der Waals surface area contributed by atoms with Gasteiger partial charge in [0, 0.05) is 12.0 Å². The van der Waals surface area contributed by atoms with Crippen LogP contribution in [0.25, 0.3) is 0 Å². The van der Waals surface area contributed by atoms with Gasteiger partial charge in [0.2, 0.25) is 0 Å². The lowest BCUT2D eigenvalue weighted by molar-refractivity contribution is 0.0966. The van der Waals surface area contributed by atoms with Crippen LogP contribution in [0.2, 0.25) is 0 Å². The Morgan fingerprint density at radius 1 is 0.966 bits per heavy atom. The van der Waals surface area contributed by atoms with E-state index in [0.29, 0.717) is 23.4 Å². The van der Waals surface area contributed by atoms with E-state index >= 15 is 0 Å². The van der Waals surface area contributed by atoms with Crippen molar-refractivity contribution in [2.45, 2.75) is 24.3 Å². The Hall–Kier alpha value is -3.12. The molecule has 29 heavy (non-hydrogen) atoms. The summed E-state index contributed by atoms with van der Waals surface area (Å²) in [5.41, 5.74) is 2.82. The van der Waals surface area contributed by atoms with Crippen LogP contribution in [0, 0.1) is 6.92 Å². The average Bonchev–Trinajstić information content (AvgIpc) is 3.14. The van der Waals surface area contributed by atoms with E-state index in [1.54, 1.807) is 67.8 Å². The van der Waals surface area contributed by atoms with Gasteiger partial charge in [-0.15, -0.1) is 0 Å². The first-order chi connectivity index (χ1) is 13.9. The first-order valence-electron chi connectivity index (χ1n) is 9.29. The lowest BCUT2D eigenvalue weighted by Gasteiger charge is -2.26. The molecule has 0 bridgehead atoms. The highest BCUT2D eigenvalue weighted by Gasteiger charge is 2.42. The van der Waals surface area contributed by atoms with Crippen molar-refractivity contribution < 1.29 is 17.9 Å². The summed E-state index contributed by atoms with van der Waals surface area (Å²) in [7, 11) is -2.34. The fraction of sp³-hybridized carbons (Fsp3) is 0.174. The summed E-state index contributed by atoms with van der Waals surface area (Å²) >= 11 is 0. The molecule has 0 radical (unpaired) electrons. The molecule has 6 heteroatoms. The van der Waals surface area contributed by atoms with Crippen LogP contribution in [-0.2, 0) is 16.4 Å². The number of hydrogen-bond acceptors (Lipinski definition) is 4. The van der Waals surface area contributed by atoms with Crippen molar-refractivity contribution in [2.24, 2.45) is 0 Å². The molecule has 148 valence electrons. The molecule has 0 N–H and O–H groups in total. The maximum absolute atomic E-state index is 13.5. The first-order valence-corrected chi connectivity index (χ1v) is 10.7. The molecule has 4 rings (SSSR count). The molecule has 1 atom stereocenters. The van der Waals surface area contributed by atoms with Gasteiger partial charge in [-0.1, -0.05) is 35.9 Å². The van der Waals surface area contributed by atoms with Crippen LogP contribution in [0.4, 0.5) is 5.69 Å². The number of aryl methyl sites for hydroxylation is 1. The average molecular weight is 407 g/mol. The first kappa shape index (κ1) is 19.2. The SMILES string of the molecule is COc1ccc(C(=O)[C@H]2Cc3ccccc3N2S(=O)(=O)c2ccc(C)cc2)cc1. The number of Topliss-reactive ketones (excluding diaryl/α,β-unsaturated/α-hetero) is 1. The molecule has 1 aliphatic heterocycles. The van der Waals surface area contributed by atoms with Crippen LogP contribution in [0.1, 0.15) is 21.5 Å². The minimum atomic E-state index is -3.90. The number of hydrogen-bond donors (Lipinski definition) is 0. The Labute approximate surface area is 170 Å². The highest BCUT2D eigenvalue weighted by molar-refractivity contribution is 7.93. The molecule has 0 unspecified atom stereocenters. The summed E-state index contributed by atoms with van der Waals surface area (Å²) in [6.07, 6.45) is 0.339. The molecular formula is C23H21NO4S. The fourth-order valence-corrected chi connectivity index (χ4v) is 5.27. The Morgan fingerprint density at radius 2 is 1.62 bits per heavy atom. The number of ether oxygens (including phenoxy) is 1. The standard InChI is InChI=1S/C23H21NO4S/c1-16-7-13-20(14-8-16)29(26,27)24-21-6-4-3-5-18(21)15-22(24)23(25)17-9-11-19(28-2)12-10-17/h3-14,22H,15H2,1-2H3/t22-/m1/s1. The van der Waals surface area contributed by atoms with Gasteiger partial charge in [-0.25, -0.2) is 8.42 Å². The smallest absolute Gasteiger partial charge is 0.265 e. The van der Waals surface area contributed by atoms with Crippen molar-refractivity contribution >= 4 is 21.5 Å². The third-order valence-corrected chi connectivity index (χ3v) is 7.02. The van der Waals surface area contributed by atoms with Crippen LogP contribution < -0.4 is 9.04 Å². The van der Waals surface area contributed by atoms with Crippen molar-refractivity contribution in [1.29, 1.82) is 0 Å². The zero-order valence-corrected chi connectivity index (χ0v) is 17.0. The molecule has 3 aromatic carbocycles. The Kier molecular flexibility index (Phi) is 4.88. The third-order valence-electron chi connectivity index (χ3n) is 5.18. The number of benzene rings is 3. The summed E-state index contributed by atoms with van der Waals surface area (Å²) in [6, 6.07) is 19.9. The number of carbonyl (C=O) groups excluding carboxylic acids is 1. The van der Waals surface area contributed by atoms with Crippen LogP contribution >= 0.6 is 0 Å². The van der Waals surface area contributed by atoms with Gasteiger partial charge in [-0.2, -0.15) is 0 Å². The van der Waals surface area contributed by atoms with E-state index in [9.17, 15) is 13.2 Å². The lowest BCUT2D eigenvalue weighted by atomic mass is 10.0. The van der Waals surface area contributed by atoms with Crippen molar-refractivity contribution in [3.63, 3.8) is 0 Å². The van der Waals surface area contributed by atoms with Gasteiger partial charge in [0.1, 0.15) is 11.8 Å². The quantitative estimate of drug-likeness (QED) is 0.600. The molecule has 0 fully saturated rings. The second kappa shape index (κ2) is 7.37. The largest absolute Gasteiger partial charge is 0.497 e. The molecule has 3 aromatic rings. The number of nitrogens with zero attached hydrogens (tertiary/aromatic N) is 1. The van der Waals surface area contributed by atoms with Crippen molar-refractivity contribution in [1.82, 2.24) is 0 Å². The van der Waals surface area contributed by atoms with Gasteiger partial charge in [-0.3, -0.25) is 9.10 Å². The van der Waals surface area contributed by atoms with Crippen molar-refractivity contribution in [2.75, 3.05) is 11.4 Å². The minimum absolute atomic E-state index is 0.173. The number of carbonyl (C=O) groups is 1. The van der Waals surface area contributed by atoms with E-state index in [0.717, 1.165) is 11.1 Å². The molecule has 0 spiro atoms. The molecule has 1 heterocycles. The van der Waals surface area contributed by atoms with Crippen LogP contribution in [-0.4, -0.2) is 27.4 Å². The summed E-state index contributed by atoms with van der Waals surface area (Å²) in [5.74, 6) is 0.403. The van der Waals surface area contributed by atoms with E-state index in [-0.39, 0.29) is 10.7 Å². The van der Waals surface area contributed by atoms with Crippen LogP contribution in [0.15, 0.2) is 77.7 Å². The predicted molar refractivity (Wildman–Crippen MR) is 112 cm³/mol. The van der Waals surface area contributed by atoms with E-state index in [1.807, 2.05) is 19.1 Å². The monoisotopic (exact) mass is 407 g/mol. The highest BCUT2D eigenvalue weighted by atomic mass is 32.2. The topological polar surface area (TPSA) is 63.7 Å². The van der Waals surface area contributed by atoms with Gasteiger partial charge in [0.25, 0.3) is 10.0 Å². The predicted octanol–water partition coefficient (Wildman–Crippen LogP) is 4.01. The van der Waals surface area contributed by atoms with Gasteiger partial charge >= 0.3 is 0 Å². The molecule has 0 saturated carbocycles. The second-order valence-corrected chi connectivity index (χ2v) is 8.87. The number of anilines is 1. The number of ketones is 1.